The molecule has 0 bridgehead atoms. The van der Waals surface area contributed by atoms with Crippen molar-refractivity contribution in [1.29, 1.82) is 0 Å². The van der Waals surface area contributed by atoms with Gasteiger partial charge in [0.15, 0.2) is 0 Å². The molecular weight excluding hydrogens is 227 g/mol. The van der Waals surface area contributed by atoms with E-state index < -0.39 is 0 Å². The van der Waals surface area contributed by atoms with Gasteiger partial charge in [-0.05, 0) is 42.5 Å². The number of hydrogen-bond acceptors (Lipinski definition) is 2. The van der Waals surface area contributed by atoms with E-state index in [1.54, 1.807) is 30.3 Å². The van der Waals surface area contributed by atoms with E-state index in [-0.39, 0.29) is 5.82 Å². The van der Waals surface area contributed by atoms with Crippen LogP contribution in [0.3, 0.4) is 0 Å². The van der Waals surface area contributed by atoms with Crippen molar-refractivity contribution in [3.05, 3.63) is 53.3 Å². The lowest BCUT2D eigenvalue weighted by Gasteiger charge is -2.09. The van der Waals surface area contributed by atoms with Gasteiger partial charge in [-0.1, -0.05) is 11.6 Å². The summed E-state index contributed by atoms with van der Waals surface area (Å²) in [6, 6.07) is 11.2. The van der Waals surface area contributed by atoms with Crippen molar-refractivity contribution in [1.82, 2.24) is 0 Å². The fourth-order valence-electron chi connectivity index (χ4n) is 1.33. The number of nitrogens with two attached hydrogens (primary N) is 1. The summed E-state index contributed by atoms with van der Waals surface area (Å²) < 4.78 is 12.7. The van der Waals surface area contributed by atoms with Crippen LogP contribution in [0.1, 0.15) is 0 Å². The molecule has 0 aromatic heterocycles. The first-order valence-corrected chi connectivity index (χ1v) is 5.10. The first-order chi connectivity index (χ1) is 7.65. The van der Waals surface area contributed by atoms with Crippen LogP contribution in [-0.4, -0.2) is 0 Å². The van der Waals surface area contributed by atoms with Gasteiger partial charge in [-0.15, -0.1) is 0 Å². The molecule has 0 saturated carbocycles. The molecule has 0 fully saturated rings. The highest BCUT2D eigenvalue weighted by atomic mass is 35.5. The van der Waals surface area contributed by atoms with Crippen LogP contribution in [0.4, 0.5) is 21.5 Å². The lowest BCUT2D eigenvalue weighted by molar-refractivity contribution is 0.628. The van der Waals surface area contributed by atoms with Gasteiger partial charge in [0.2, 0.25) is 0 Å². The summed E-state index contributed by atoms with van der Waals surface area (Å²) in [6.07, 6.45) is 0. The molecule has 3 N–H and O–H groups in total. The molecule has 16 heavy (non-hydrogen) atoms. The number of anilines is 3. The first-order valence-electron chi connectivity index (χ1n) is 4.73. The zero-order chi connectivity index (χ0) is 11.5. The number of rotatable bonds is 2. The minimum atomic E-state index is -0.274. The van der Waals surface area contributed by atoms with Gasteiger partial charge >= 0.3 is 0 Å². The Bertz CT molecular complexity index is 497. The van der Waals surface area contributed by atoms with Crippen LogP contribution >= 0.6 is 11.6 Å². The Kier molecular flexibility index (Phi) is 2.97. The average molecular weight is 237 g/mol. The SMILES string of the molecule is Nc1ccc(Cl)cc1Nc1ccc(F)cc1. The van der Waals surface area contributed by atoms with Gasteiger partial charge < -0.3 is 11.1 Å². The van der Waals surface area contributed by atoms with Crippen molar-refractivity contribution in [2.75, 3.05) is 11.1 Å². The monoisotopic (exact) mass is 236 g/mol. The zero-order valence-corrected chi connectivity index (χ0v) is 9.13. The van der Waals surface area contributed by atoms with Crippen molar-refractivity contribution in [3.8, 4) is 0 Å². The van der Waals surface area contributed by atoms with Crippen LogP contribution < -0.4 is 11.1 Å². The van der Waals surface area contributed by atoms with Gasteiger partial charge in [0.1, 0.15) is 5.82 Å². The number of benzene rings is 2. The van der Waals surface area contributed by atoms with Crippen LogP contribution in [0, 0.1) is 5.82 Å². The lowest BCUT2D eigenvalue weighted by atomic mass is 10.2. The molecule has 4 heteroatoms. The normalized spacial score (nSPS) is 10.1. The van der Waals surface area contributed by atoms with E-state index in [2.05, 4.69) is 5.32 Å². The summed E-state index contributed by atoms with van der Waals surface area (Å²) in [5, 5.41) is 3.66. The van der Waals surface area contributed by atoms with E-state index in [1.165, 1.54) is 12.1 Å². The van der Waals surface area contributed by atoms with E-state index >= 15 is 0 Å². The standard InChI is InChI=1S/C12H10ClFN2/c13-8-1-6-11(15)12(7-8)16-10-4-2-9(14)3-5-10/h1-7,16H,15H2. The van der Waals surface area contributed by atoms with Gasteiger partial charge in [0, 0.05) is 10.7 Å². The largest absolute Gasteiger partial charge is 0.397 e. The molecule has 0 heterocycles. The van der Waals surface area contributed by atoms with Crippen LogP contribution in [0.15, 0.2) is 42.5 Å². The molecular formula is C12H10ClFN2. The minimum absolute atomic E-state index is 0.274. The summed E-state index contributed by atoms with van der Waals surface area (Å²) in [7, 11) is 0. The minimum Gasteiger partial charge on any atom is -0.397 e. The number of nitrogen functional groups attached to an aromatic ring is 1. The molecule has 2 nitrogen and oxygen atoms in total. The van der Waals surface area contributed by atoms with E-state index in [0.29, 0.717) is 16.4 Å². The fourth-order valence-corrected chi connectivity index (χ4v) is 1.50. The average Bonchev–Trinajstić information content (AvgIpc) is 2.27. The Hall–Kier alpha value is -1.74. The van der Waals surface area contributed by atoms with Crippen molar-refractivity contribution >= 4 is 28.7 Å². The van der Waals surface area contributed by atoms with Crippen LogP contribution in [-0.2, 0) is 0 Å². The van der Waals surface area contributed by atoms with Crippen molar-refractivity contribution < 1.29 is 4.39 Å². The third kappa shape index (κ3) is 2.44. The van der Waals surface area contributed by atoms with Gasteiger partial charge in [0.05, 0.1) is 11.4 Å². The molecule has 2 rings (SSSR count). The van der Waals surface area contributed by atoms with Gasteiger partial charge in [-0.25, -0.2) is 4.39 Å². The summed E-state index contributed by atoms with van der Waals surface area (Å²) in [4.78, 5) is 0. The molecule has 2 aromatic rings. The molecule has 0 saturated heterocycles. The van der Waals surface area contributed by atoms with E-state index in [1.807, 2.05) is 0 Å². The summed E-state index contributed by atoms with van der Waals surface area (Å²) in [5.74, 6) is -0.274. The molecule has 0 aliphatic rings. The third-order valence-electron chi connectivity index (χ3n) is 2.14. The molecule has 0 aliphatic carbocycles. The Morgan fingerprint density at radius 3 is 2.44 bits per heavy atom. The maximum absolute atomic E-state index is 12.7. The topological polar surface area (TPSA) is 38.0 Å². The lowest BCUT2D eigenvalue weighted by Crippen LogP contribution is -1.96. The predicted octanol–water partition coefficient (Wildman–Crippen LogP) is 3.80. The predicted molar refractivity (Wildman–Crippen MR) is 65.5 cm³/mol. The molecule has 0 spiro atoms. The highest BCUT2D eigenvalue weighted by Crippen LogP contribution is 2.26. The van der Waals surface area contributed by atoms with E-state index in [0.717, 1.165) is 5.69 Å². The first kappa shape index (κ1) is 10.8. The Morgan fingerprint density at radius 2 is 1.75 bits per heavy atom. The summed E-state index contributed by atoms with van der Waals surface area (Å²) in [6.45, 7) is 0. The third-order valence-corrected chi connectivity index (χ3v) is 2.37. The highest BCUT2D eigenvalue weighted by molar-refractivity contribution is 6.31. The maximum Gasteiger partial charge on any atom is 0.123 e. The second kappa shape index (κ2) is 4.41. The molecule has 0 unspecified atom stereocenters. The molecule has 2 aromatic carbocycles. The van der Waals surface area contributed by atoms with Crippen LogP contribution in [0.5, 0.6) is 0 Å². The second-order valence-corrected chi connectivity index (χ2v) is 3.80. The van der Waals surface area contributed by atoms with Crippen molar-refractivity contribution in [2.45, 2.75) is 0 Å². The Labute approximate surface area is 97.8 Å². The van der Waals surface area contributed by atoms with Gasteiger partial charge in [-0.2, -0.15) is 0 Å². The molecule has 0 atom stereocenters. The zero-order valence-electron chi connectivity index (χ0n) is 8.37. The van der Waals surface area contributed by atoms with E-state index in [4.69, 9.17) is 17.3 Å². The van der Waals surface area contributed by atoms with Crippen molar-refractivity contribution in [2.24, 2.45) is 0 Å². The summed E-state index contributed by atoms with van der Waals surface area (Å²) >= 11 is 5.85. The van der Waals surface area contributed by atoms with E-state index in [9.17, 15) is 4.39 Å². The Morgan fingerprint density at radius 1 is 1.06 bits per heavy atom. The van der Waals surface area contributed by atoms with Gasteiger partial charge in [-0.3, -0.25) is 0 Å². The smallest absolute Gasteiger partial charge is 0.123 e. The Balaban J connectivity index is 2.26. The molecule has 82 valence electrons. The summed E-state index contributed by atoms with van der Waals surface area (Å²) in [5.41, 5.74) is 7.83. The maximum atomic E-state index is 12.7. The number of nitrogens with one attached hydrogen (secondary N) is 1. The van der Waals surface area contributed by atoms with Crippen molar-refractivity contribution in [3.63, 3.8) is 0 Å². The van der Waals surface area contributed by atoms with Crippen LogP contribution in [0.2, 0.25) is 5.02 Å². The highest BCUT2D eigenvalue weighted by Gasteiger charge is 2.00. The molecule has 0 amide bonds. The van der Waals surface area contributed by atoms with Gasteiger partial charge in [0.25, 0.3) is 0 Å². The quantitative estimate of drug-likeness (QED) is 0.779. The number of halogens is 2. The fraction of sp³-hybridized carbons (Fsp3) is 0. The molecule has 0 aliphatic heterocycles. The second-order valence-electron chi connectivity index (χ2n) is 3.36. The number of hydrogen-bond donors (Lipinski definition) is 2. The van der Waals surface area contributed by atoms with Crippen LogP contribution in [0.25, 0.3) is 0 Å². The molecule has 0 radical (unpaired) electrons.